The van der Waals surface area contributed by atoms with Crippen LogP contribution in [-0.4, -0.2) is 22.7 Å². The summed E-state index contributed by atoms with van der Waals surface area (Å²) in [4.78, 5) is 15.6. The molecule has 3 N–H and O–H groups in total. The summed E-state index contributed by atoms with van der Waals surface area (Å²) in [6, 6.07) is 8.08. The molecular weight excluding hydrogens is 325 g/mol. The molecule has 0 bridgehead atoms. The normalized spacial score (nSPS) is 11.8. The lowest BCUT2D eigenvalue weighted by molar-refractivity contribution is 0.173. The number of carbonyl (C=O) groups is 1. The van der Waals surface area contributed by atoms with Crippen LogP contribution in [0.2, 0.25) is 10.0 Å². The number of aliphatic hydroxyl groups excluding tert-OH is 1. The second kappa shape index (κ2) is 7.98. The van der Waals surface area contributed by atoms with E-state index in [0.717, 1.165) is 5.56 Å². The molecule has 0 spiro atoms. The van der Waals surface area contributed by atoms with Crippen molar-refractivity contribution >= 4 is 29.2 Å². The lowest BCUT2D eigenvalue weighted by atomic mass is 10.1. The SMILES string of the molecule is O=C(NCc1cccnc1)NC[C@H](O)c1ccc(Cl)cc1Cl. The summed E-state index contributed by atoms with van der Waals surface area (Å²) in [5.74, 6) is 0. The molecule has 116 valence electrons. The second-order valence-corrected chi connectivity index (χ2v) is 5.45. The van der Waals surface area contributed by atoms with Gasteiger partial charge < -0.3 is 15.7 Å². The highest BCUT2D eigenvalue weighted by atomic mass is 35.5. The Labute approximate surface area is 138 Å². The van der Waals surface area contributed by atoms with Crippen LogP contribution < -0.4 is 10.6 Å². The van der Waals surface area contributed by atoms with Gasteiger partial charge in [-0.2, -0.15) is 0 Å². The number of urea groups is 1. The molecule has 0 saturated carbocycles. The summed E-state index contributed by atoms with van der Waals surface area (Å²) < 4.78 is 0. The van der Waals surface area contributed by atoms with Crippen molar-refractivity contribution in [3.05, 3.63) is 63.9 Å². The molecule has 5 nitrogen and oxygen atoms in total. The Bertz CT molecular complexity index is 638. The van der Waals surface area contributed by atoms with Crippen LogP contribution in [0.3, 0.4) is 0 Å². The third kappa shape index (κ3) is 4.87. The van der Waals surface area contributed by atoms with E-state index < -0.39 is 6.10 Å². The Hall–Kier alpha value is -1.82. The van der Waals surface area contributed by atoms with Gasteiger partial charge in [0.2, 0.25) is 0 Å². The molecule has 1 atom stereocenters. The number of pyridine rings is 1. The predicted octanol–water partition coefficient (Wildman–Crippen LogP) is 2.92. The van der Waals surface area contributed by atoms with Gasteiger partial charge in [-0.1, -0.05) is 35.3 Å². The number of halogens is 2. The molecular formula is C15H15Cl2N3O2. The van der Waals surface area contributed by atoms with Crippen LogP contribution >= 0.6 is 23.2 Å². The Balaban J connectivity index is 1.80. The molecule has 1 aromatic carbocycles. The molecule has 2 rings (SSSR count). The predicted molar refractivity (Wildman–Crippen MR) is 85.9 cm³/mol. The number of benzene rings is 1. The minimum atomic E-state index is -0.908. The number of carbonyl (C=O) groups excluding carboxylic acids is 1. The van der Waals surface area contributed by atoms with Gasteiger partial charge in [0.15, 0.2) is 0 Å². The Morgan fingerprint density at radius 2 is 2.09 bits per heavy atom. The van der Waals surface area contributed by atoms with Crippen LogP contribution in [0.1, 0.15) is 17.2 Å². The lowest BCUT2D eigenvalue weighted by Gasteiger charge is -2.14. The van der Waals surface area contributed by atoms with Crippen molar-refractivity contribution in [2.75, 3.05) is 6.54 Å². The number of aliphatic hydroxyl groups is 1. The summed E-state index contributed by atoms with van der Waals surface area (Å²) in [5.41, 5.74) is 1.40. The van der Waals surface area contributed by atoms with Crippen molar-refractivity contribution in [3.8, 4) is 0 Å². The van der Waals surface area contributed by atoms with Crippen LogP contribution in [0.5, 0.6) is 0 Å². The summed E-state index contributed by atoms with van der Waals surface area (Å²) in [5, 5.41) is 16.1. The summed E-state index contributed by atoms with van der Waals surface area (Å²) in [7, 11) is 0. The number of aromatic nitrogens is 1. The van der Waals surface area contributed by atoms with Crippen molar-refractivity contribution in [1.82, 2.24) is 15.6 Å². The van der Waals surface area contributed by atoms with Crippen molar-refractivity contribution in [2.45, 2.75) is 12.6 Å². The van der Waals surface area contributed by atoms with Crippen molar-refractivity contribution in [3.63, 3.8) is 0 Å². The third-order valence-corrected chi connectivity index (χ3v) is 3.52. The first kappa shape index (κ1) is 16.5. The van der Waals surface area contributed by atoms with E-state index in [1.165, 1.54) is 0 Å². The zero-order chi connectivity index (χ0) is 15.9. The molecule has 2 amide bonds. The highest BCUT2D eigenvalue weighted by Gasteiger charge is 2.13. The van der Waals surface area contributed by atoms with E-state index in [4.69, 9.17) is 23.2 Å². The molecule has 2 aromatic rings. The zero-order valence-electron chi connectivity index (χ0n) is 11.6. The number of rotatable bonds is 5. The van der Waals surface area contributed by atoms with Crippen LogP contribution in [0.4, 0.5) is 4.79 Å². The maximum atomic E-state index is 11.7. The molecule has 0 fully saturated rings. The van der Waals surface area contributed by atoms with Crippen LogP contribution in [-0.2, 0) is 6.54 Å². The molecule has 0 radical (unpaired) electrons. The molecule has 7 heteroatoms. The molecule has 0 unspecified atom stereocenters. The topological polar surface area (TPSA) is 74.2 Å². The standard InChI is InChI=1S/C15H15Cl2N3O2/c16-11-3-4-12(13(17)6-11)14(21)9-20-15(22)19-8-10-2-1-5-18-7-10/h1-7,14,21H,8-9H2,(H2,19,20,22)/t14-/m0/s1. The number of nitrogens with zero attached hydrogens (tertiary/aromatic N) is 1. The Morgan fingerprint density at radius 1 is 1.27 bits per heavy atom. The minimum absolute atomic E-state index is 0.0419. The van der Waals surface area contributed by atoms with Gasteiger partial charge >= 0.3 is 6.03 Å². The van der Waals surface area contributed by atoms with Gasteiger partial charge in [0.25, 0.3) is 0 Å². The Kier molecular flexibility index (Phi) is 6.00. The van der Waals surface area contributed by atoms with Crippen molar-refractivity contribution in [2.24, 2.45) is 0 Å². The summed E-state index contributed by atoms with van der Waals surface area (Å²) >= 11 is 11.8. The lowest BCUT2D eigenvalue weighted by Crippen LogP contribution is -2.37. The smallest absolute Gasteiger partial charge is 0.315 e. The van der Waals surface area contributed by atoms with Crippen molar-refractivity contribution in [1.29, 1.82) is 0 Å². The number of nitrogens with one attached hydrogen (secondary N) is 2. The maximum Gasteiger partial charge on any atom is 0.315 e. The summed E-state index contributed by atoms with van der Waals surface area (Å²) in [6.07, 6.45) is 2.42. The zero-order valence-corrected chi connectivity index (χ0v) is 13.1. The quantitative estimate of drug-likeness (QED) is 0.783. The van der Waals surface area contributed by atoms with E-state index in [2.05, 4.69) is 15.6 Å². The second-order valence-electron chi connectivity index (χ2n) is 4.61. The van der Waals surface area contributed by atoms with E-state index >= 15 is 0 Å². The molecule has 1 heterocycles. The van der Waals surface area contributed by atoms with E-state index in [9.17, 15) is 9.90 Å². The first-order valence-electron chi connectivity index (χ1n) is 6.60. The molecule has 0 aliphatic rings. The van der Waals surface area contributed by atoms with Crippen molar-refractivity contribution < 1.29 is 9.90 Å². The highest BCUT2D eigenvalue weighted by molar-refractivity contribution is 6.35. The Morgan fingerprint density at radius 3 is 2.77 bits per heavy atom. The fraction of sp³-hybridized carbons (Fsp3) is 0.200. The average molecular weight is 340 g/mol. The maximum absolute atomic E-state index is 11.7. The van der Waals surface area contributed by atoms with Gasteiger partial charge in [-0.15, -0.1) is 0 Å². The van der Waals surface area contributed by atoms with Crippen LogP contribution in [0.25, 0.3) is 0 Å². The fourth-order valence-corrected chi connectivity index (χ4v) is 2.35. The third-order valence-electron chi connectivity index (χ3n) is 2.95. The van der Waals surface area contributed by atoms with E-state index in [0.29, 0.717) is 22.2 Å². The van der Waals surface area contributed by atoms with Gasteiger partial charge in [0, 0.05) is 41.1 Å². The summed E-state index contributed by atoms with van der Waals surface area (Å²) in [6.45, 7) is 0.400. The molecule has 1 aromatic heterocycles. The van der Waals surface area contributed by atoms with Gasteiger partial charge in [-0.3, -0.25) is 4.98 Å². The number of amides is 2. The monoisotopic (exact) mass is 339 g/mol. The first-order valence-corrected chi connectivity index (χ1v) is 7.35. The van der Waals surface area contributed by atoms with Gasteiger partial charge in [0.05, 0.1) is 6.10 Å². The largest absolute Gasteiger partial charge is 0.387 e. The minimum Gasteiger partial charge on any atom is -0.387 e. The molecule has 0 aliphatic heterocycles. The van der Waals surface area contributed by atoms with E-state index in [1.807, 2.05) is 6.07 Å². The molecule has 0 saturated heterocycles. The van der Waals surface area contributed by atoms with Crippen LogP contribution in [0, 0.1) is 0 Å². The van der Waals surface area contributed by atoms with Crippen LogP contribution in [0.15, 0.2) is 42.7 Å². The highest BCUT2D eigenvalue weighted by Crippen LogP contribution is 2.25. The van der Waals surface area contributed by atoms with Gasteiger partial charge in [0.1, 0.15) is 0 Å². The van der Waals surface area contributed by atoms with E-state index in [-0.39, 0.29) is 12.6 Å². The fourth-order valence-electron chi connectivity index (χ4n) is 1.82. The molecule has 22 heavy (non-hydrogen) atoms. The van der Waals surface area contributed by atoms with Gasteiger partial charge in [-0.05, 0) is 23.8 Å². The number of hydrogen-bond acceptors (Lipinski definition) is 3. The number of hydrogen-bond donors (Lipinski definition) is 3. The molecule has 0 aliphatic carbocycles. The van der Waals surface area contributed by atoms with Gasteiger partial charge in [-0.25, -0.2) is 4.79 Å². The average Bonchev–Trinajstić information content (AvgIpc) is 2.51. The first-order chi connectivity index (χ1) is 10.6. The van der Waals surface area contributed by atoms with E-state index in [1.54, 1.807) is 36.7 Å².